The molecule has 0 aliphatic rings. The van der Waals surface area contributed by atoms with Gasteiger partial charge < -0.3 is 22.1 Å². The van der Waals surface area contributed by atoms with Gasteiger partial charge in [0.2, 0.25) is 0 Å². The molecule has 6 N–H and O–H groups in total. The van der Waals surface area contributed by atoms with Crippen molar-refractivity contribution in [2.45, 2.75) is 6.92 Å². The van der Waals surface area contributed by atoms with E-state index in [0.29, 0.717) is 22.7 Å². The summed E-state index contributed by atoms with van der Waals surface area (Å²) in [7, 11) is 0. The fourth-order valence-corrected chi connectivity index (χ4v) is 1.63. The van der Waals surface area contributed by atoms with E-state index in [9.17, 15) is 4.79 Å². The van der Waals surface area contributed by atoms with Crippen LogP contribution < -0.4 is 22.1 Å². The van der Waals surface area contributed by atoms with Crippen LogP contribution >= 0.6 is 0 Å². The van der Waals surface area contributed by atoms with Crippen molar-refractivity contribution in [2.75, 3.05) is 22.1 Å². The minimum atomic E-state index is -0.345. The monoisotopic (exact) mass is 256 g/mol. The maximum absolute atomic E-state index is 11.8. The number of nitrogens with one attached hydrogen (secondary N) is 2. The number of amides is 2. The van der Waals surface area contributed by atoms with Gasteiger partial charge in [-0.2, -0.15) is 0 Å². The van der Waals surface area contributed by atoms with Gasteiger partial charge >= 0.3 is 6.03 Å². The van der Waals surface area contributed by atoms with Gasteiger partial charge in [-0.1, -0.05) is 6.07 Å². The zero-order valence-electron chi connectivity index (χ0n) is 10.6. The van der Waals surface area contributed by atoms with E-state index in [-0.39, 0.29) is 6.03 Å². The largest absolute Gasteiger partial charge is 0.399 e. The molecule has 0 aromatic heterocycles. The first-order chi connectivity index (χ1) is 9.04. The van der Waals surface area contributed by atoms with Crippen molar-refractivity contribution in [3.05, 3.63) is 48.0 Å². The second kappa shape index (κ2) is 5.30. The molecule has 5 nitrogen and oxygen atoms in total. The molecule has 0 atom stereocenters. The molecule has 0 radical (unpaired) electrons. The summed E-state index contributed by atoms with van der Waals surface area (Å²) >= 11 is 0. The van der Waals surface area contributed by atoms with E-state index in [4.69, 9.17) is 11.5 Å². The number of rotatable bonds is 2. The topological polar surface area (TPSA) is 93.2 Å². The molecule has 0 aliphatic heterocycles. The Morgan fingerprint density at radius 2 is 1.68 bits per heavy atom. The Balaban J connectivity index is 2.05. The third kappa shape index (κ3) is 3.38. The molecule has 5 heteroatoms. The molecule has 2 rings (SSSR count). The Hall–Kier alpha value is -2.69. The Labute approximate surface area is 111 Å². The number of urea groups is 1. The molecule has 2 amide bonds. The lowest BCUT2D eigenvalue weighted by Gasteiger charge is -2.10. The molecule has 0 saturated heterocycles. The van der Waals surface area contributed by atoms with Crippen LogP contribution in [0.3, 0.4) is 0 Å². The number of carbonyl (C=O) groups excluding carboxylic acids is 1. The highest BCUT2D eigenvalue weighted by molar-refractivity contribution is 6.01. The third-order valence-corrected chi connectivity index (χ3v) is 2.63. The second-order valence-electron chi connectivity index (χ2n) is 4.29. The molecule has 0 unspecified atom stereocenters. The van der Waals surface area contributed by atoms with Crippen molar-refractivity contribution in [2.24, 2.45) is 0 Å². The zero-order valence-corrected chi connectivity index (χ0v) is 10.6. The minimum absolute atomic E-state index is 0.345. The van der Waals surface area contributed by atoms with E-state index >= 15 is 0 Å². The van der Waals surface area contributed by atoms with Gasteiger partial charge in [-0.15, -0.1) is 0 Å². The van der Waals surface area contributed by atoms with Crippen LogP contribution in [0.2, 0.25) is 0 Å². The number of hydrogen-bond donors (Lipinski definition) is 4. The fraction of sp³-hybridized carbons (Fsp3) is 0.0714. The molecule has 0 fully saturated rings. The van der Waals surface area contributed by atoms with Gasteiger partial charge in [0.05, 0.1) is 11.4 Å². The van der Waals surface area contributed by atoms with Gasteiger partial charge in [0.25, 0.3) is 0 Å². The van der Waals surface area contributed by atoms with Gasteiger partial charge in [-0.05, 0) is 48.9 Å². The Morgan fingerprint density at radius 1 is 1.00 bits per heavy atom. The predicted octanol–water partition coefficient (Wildman–Crippen LogP) is 2.80. The predicted molar refractivity (Wildman–Crippen MR) is 79.1 cm³/mol. The number of carbonyl (C=O) groups is 1. The molecule has 0 heterocycles. The van der Waals surface area contributed by atoms with E-state index in [1.165, 1.54) is 0 Å². The van der Waals surface area contributed by atoms with Crippen LogP contribution in [0.15, 0.2) is 42.5 Å². The van der Waals surface area contributed by atoms with Crippen molar-refractivity contribution < 1.29 is 4.79 Å². The average Bonchev–Trinajstić information content (AvgIpc) is 2.37. The highest BCUT2D eigenvalue weighted by Gasteiger charge is 2.05. The molecule has 2 aromatic rings. The summed E-state index contributed by atoms with van der Waals surface area (Å²) in [6.45, 7) is 1.93. The summed E-state index contributed by atoms with van der Waals surface area (Å²) in [5, 5.41) is 5.41. The maximum atomic E-state index is 11.8. The minimum Gasteiger partial charge on any atom is -0.399 e. The Kier molecular flexibility index (Phi) is 3.56. The molecule has 2 aromatic carbocycles. The van der Waals surface area contributed by atoms with E-state index in [1.807, 2.05) is 19.1 Å². The molecule has 19 heavy (non-hydrogen) atoms. The van der Waals surface area contributed by atoms with Crippen molar-refractivity contribution in [3.63, 3.8) is 0 Å². The van der Waals surface area contributed by atoms with Gasteiger partial charge in [-0.25, -0.2) is 4.79 Å². The number of benzene rings is 2. The first-order valence-corrected chi connectivity index (χ1v) is 5.84. The number of nitrogen functional groups attached to an aromatic ring is 2. The van der Waals surface area contributed by atoms with Gasteiger partial charge in [0.15, 0.2) is 0 Å². The van der Waals surface area contributed by atoms with Crippen LogP contribution in [0, 0.1) is 6.92 Å². The SMILES string of the molecule is Cc1ccc(N)c(NC(=O)Nc2ccc(N)cc2)c1. The van der Waals surface area contributed by atoms with Crippen LogP contribution in [-0.4, -0.2) is 6.03 Å². The summed E-state index contributed by atoms with van der Waals surface area (Å²) in [6.07, 6.45) is 0. The molecule has 0 spiro atoms. The van der Waals surface area contributed by atoms with E-state index in [1.54, 1.807) is 30.3 Å². The van der Waals surface area contributed by atoms with Crippen molar-refractivity contribution in [1.29, 1.82) is 0 Å². The zero-order chi connectivity index (χ0) is 13.8. The number of anilines is 4. The average molecular weight is 256 g/mol. The summed E-state index contributed by atoms with van der Waals surface area (Å²) in [6, 6.07) is 12.0. The molecular formula is C14H16N4O. The van der Waals surface area contributed by atoms with Crippen molar-refractivity contribution >= 4 is 28.8 Å². The van der Waals surface area contributed by atoms with Crippen LogP contribution in [0.25, 0.3) is 0 Å². The van der Waals surface area contributed by atoms with E-state index in [2.05, 4.69) is 10.6 Å². The Bertz CT molecular complexity index is 593. The lowest BCUT2D eigenvalue weighted by molar-refractivity contribution is 0.262. The van der Waals surface area contributed by atoms with Crippen LogP contribution in [0.4, 0.5) is 27.5 Å². The lowest BCUT2D eigenvalue weighted by atomic mass is 10.2. The van der Waals surface area contributed by atoms with Crippen LogP contribution in [-0.2, 0) is 0 Å². The van der Waals surface area contributed by atoms with Crippen LogP contribution in [0.5, 0.6) is 0 Å². The number of hydrogen-bond acceptors (Lipinski definition) is 3. The van der Waals surface area contributed by atoms with E-state index in [0.717, 1.165) is 5.56 Å². The molecule has 0 aliphatic carbocycles. The first kappa shape index (κ1) is 12.8. The molecular weight excluding hydrogens is 240 g/mol. The smallest absolute Gasteiger partial charge is 0.323 e. The summed E-state index contributed by atoms with van der Waals surface area (Å²) in [5.41, 5.74) is 14.8. The molecule has 0 saturated carbocycles. The fourth-order valence-electron chi connectivity index (χ4n) is 1.63. The first-order valence-electron chi connectivity index (χ1n) is 5.84. The Morgan fingerprint density at radius 3 is 2.37 bits per heavy atom. The summed E-state index contributed by atoms with van der Waals surface area (Å²) in [5.74, 6) is 0. The molecule has 0 bridgehead atoms. The highest BCUT2D eigenvalue weighted by Crippen LogP contribution is 2.20. The highest BCUT2D eigenvalue weighted by atomic mass is 16.2. The third-order valence-electron chi connectivity index (χ3n) is 2.63. The maximum Gasteiger partial charge on any atom is 0.323 e. The summed E-state index contributed by atoms with van der Waals surface area (Å²) in [4.78, 5) is 11.8. The van der Waals surface area contributed by atoms with Gasteiger partial charge in [-0.3, -0.25) is 0 Å². The van der Waals surface area contributed by atoms with Gasteiger partial charge in [0.1, 0.15) is 0 Å². The van der Waals surface area contributed by atoms with Crippen molar-refractivity contribution in [1.82, 2.24) is 0 Å². The quantitative estimate of drug-likeness (QED) is 0.622. The van der Waals surface area contributed by atoms with Crippen LogP contribution in [0.1, 0.15) is 5.56 Å². The normalized spacial score (nSPS) is 9.95. The van der Waals surface area contributed by atoms with Crippen molar-refractivity contribution in [3.8, 4) is 0 Å². The second-order valence-corrected chi connectivity index (χ2v) is 4.29. The molecule has 98 valence electrons. The van der Waals surface area contributed by atoms with Gasteiger partial charge in [0, 0.05) is 11.4 Å². The summed E-state index contributed by atoms with van der Waals surface area (Å²) < 4.78 is 0. The standard InChI is InChI=1S/C14H16N4O/c1-9-2-7-12(16)13(8-9)18-14(19)17-11-5-3-10(15)4-6-11/h2-8H,15-16H2,1H3,(H2,17,18,19). The van der Waals surface area contributed by atoms with E-state index < -0.39 is 0 Å². The lowest BCUT2D eigenvalue weighted by Crippen LogP contribution is -2.20. The number of nitrogens with two attached hydrogens (primary N) is 2. The number of aryl methyl sites for hydroxylation is 1.